The standard InChI is InChI=1S/C17H21NO3/c1-13-17(21-12-14-7-3-2-4-8-14)16(20)15(11-18-13)9-5-6-10-19/h2-4,7-8,11,15,19H,5-6,9-10,12H2,1H3. The minimum atomic E-state index is -0.231. The molecule has 0 fully saturated rings. The van der Waals surface area contributed by atoms with Crippen molar-refractivity contribution in [1.82, 2.24) is 0 Å². The third-order valence-corrected chi connectivity index (χ3v) is 3.49. The number of hydrogen-bond acceptors (Lipinski definition) is 4. The molecule has 1 aliphatic rings. The molecule has 0 bridgehead atoms. The molecule has 0 saturated heterocycles. The average molecular weight is 287 g/mol. The van der Waals surface area contributed by atoms with Gasteiger partial charge in [-0.3, -0.25) is 9.79 Å². The molecular formula is C17H21NO3. The zero-order chi connectivity index (χ0) is 15.1. The second-order valence-corrected chi connectivity index (χ2v) is 5.16. The van der Waals surface area contributed by atoms with E-state index in [-0.39, 0.29) is 18.3 Å². The van der Waals surface area contributed by atoms with Crippen molar-refractivity contribution >= 4 is 12.0 Å². The fourth-order valence-corrected chi connectivity index (χ4v) is 2.26. The van der Waals surface area contributed by atoms with E-state index in [1.807, 2.05) is 30.3 Å². The van der Waals surface area contributed by atoms with Gasteiger partial charge in [-0.15, -0.1) is 0 Å². The molecule has 112 valence electrons. The lowest BCUT2D eigenvalue weighted by Crippen LogP contribution is -2.24. The topological polar surface area (TPSA) is 58.9 Å². The summed E-state index contributed by atoms with van der Waals surface area (Å²) in [5.41, 5.74) is 1.66. The van der Waals surface area contributed by atoms with Crippen LogP contribution >= 0.6 is 0 Å². The van der Waals surface area contributed by atoms with Gasteiger partial charge in [0.05, 0.1) is 11.6 Å². The molecule has 0 saturated carbocycles. The Hall–Kier alpha value is -1.94. The SMILES string of the molecule is CC1=C(OCc2ccccc2)C(=O)C(CCCCO)C=N1. The van der Waals surface area contributed by atoms with Gasteiger partial charge in [0.25, 0.3) is 0 Å². The number of hydrogen-bond donors (Lipinski definition) is 1. The summed E-state index contributed by atoms with van der Waals surface area (Å²) in [6, 6.07) is 9.76. The fraction of sp³-hybridized carbons (Fsp3) is 0.412. The van der Waals surface area contributed by atoms with Gasteiger partial charge in [-0.25, -0.2) is 0 Å². The molecule has 2 rings (SSSR count). The van der Waals surface area contributed by atoms with E-state index in [0.29, 0.717) is 30.9 Å². The normalized spacial score (nSPS) is 18.2. The average Bonchev–Trinajstić information content (AvgIpc) is 2.50. The maximum absolute atomic E-state index is 12.4. The van der Waals surface area contributed by atoms with E-state index >= 15 is 0 Å². The summed E-state index contributed by atoms with van der Waals surface area (Å²) in [6.45, 7) is 2.32. The molecule has 0 radical (unpaired) electrons. The highest BCUT2D eigenvalue weighted by Gasteiger charge is 2.26. The smallest absolute Gasteiger partial charge is 0.207 e. The molecular weight excluding hydrogens is 266 g/mol. The summed E-state index contributed by atoms with van der Waals surface area (Å²) in [5, 5.41) is 8.81. The number of unbranched alkanes of at least 4 members (excludes halogenated alkanes) is 1. The van der Waals surface area contributed by atoms with Crippen molar-refractivity contribution in [2.24, 2.45) is 10.9 Å². The van der Waals surface area contributed by atoms with Gasteiger partial charge < -0.3 is 9.84 Å². The van der Waals surface area contributed by atoms with Gasteiger partial charge in [0, 0.05) is 12.8 Å². The first-order valence-corrected chi connectivity index (χ1v) is 7.29. The number of benzene rings is 1. The summed E-state index contributed by atoms with van der Waals surface area (Å²) < 4.78 is 5.70. The highest BCUT2D eigenvalue weighted by atomic mass is 16.5. The molecule has 1 aromatic carbocycles. The molecule has 21 heavy (non-hydrogen) atoms. The Morgan fingerprint density at radius 1 is 1.24 bits per heavy atom. The lowest BCUT2D eigenvalue weighted by Gasteiger charge is -2.19. The second kappa shape index (κ2) is 7.74. The van der Waals surface area contributed by atoms with Crippen molar-refractivity contribution in [3.05, 3.63) is 47.4 Å². The number of aliphatic hydroxyl groups excluding tert-OH is 1. The van der Waals surface area contributed by atoms with Gasteiger partial charge in [0.1, 0.15) is 6.61 Å². The zero-order valence-corrected chi connectivity index (χ0v) is 12.3. The Morgan fingerprint density at radius 3 is 2.71 bits per heavy atom. The highest BCUT2D eigenvalue weighted by Crippen LogP contribution is 2.23. The predicted octanol–water partition coefficient (Wildman–Crippen LogP) is 2.87. The quantitative estimate of drug-likeness (QED) is 0.784. The minimum absolute atomic E-state index is 0.00336. The van der Waals surface area contributed by atoms with E-state index in [2.05, 4.69) is 4.99 Å². The molecule has 0 spiro atoms. The lowest BCUT2D eigenvalue weighted by molar-refractivity contribution is -0.121. The summed E-state index contributed by atoms with van der Waals surface area (Å²) in [6.07, 6.45) is 3.92. The van der Waals surface area contributed by atoms with Crippen LogP contribution in [0.1, 0.15) is 31.7 Å². The summed E-state index contributed by atoms with van der Waals surface area (Å²) >= 11 is 0. The van der Waals surface area contributed by atoms with Gasteiger partial charge in [-0.05, 0) is 25.3 Å². The van der Waals surface area contributed by atoms with Crippen molar-refractivity contribution in [2.45, 2.75) is 32.8 Å². The molecule has 4 heteroatoms. The number of allylic oxidation sites excluding steroid dienone is 2. The van der Waals surface area contributed by atoms with Crippen LogP contribution in [-0.2, 0) is 16.1 Å². The second-order valence-electron chi connectivity index (χ2n) is 5.16. The summed E-state index contributed by atoms with van der Waals surface area (Å²) in [4.78, 5) is 16.7. The Morgan fingerprint density at radius 2 is 2.00 bits per heavy atom. The van der Waals surface area contributed by atoms with Crippen molar-refractivity contribution in [3.8, 4) is 0 Å². The Bertz CT molecular complexity index is 534. The van der Waals surface area contributed by atoms with Crippen LogP contribution in [0.4, 0.5) is 0 Å². The number of Topliss-reactive ketones (excluding diaryl/α,β-unsaturated/α-hetero) is 1. The molecule has 1 N–H and O–H groups in total. The maximum atomic E-state index is 12.4. The van der Waals surface area contributed by atoms with Crippen molar-refractivity contribution in [1.29, 1.82) is 0 Å². The number of aliphatic imine (C=N–C) groups is 1. The number of carbonyl (C=O) groups excluding carboxylic acids is 1. The molecule has 0 aliphatic carbocycles. The van der Waals surface area contributed by atoms with Gasteiger partial charge >= 0.3 is 0 Å². The largest absolute Gasteiger partial charge is 0.483 e. The number of ketones is 1. The van der Waals surface area contributed by atoms with E-state index < -0.39 is 0 Å². The van der Waals surface area contributed by atoms with Crippen LogP contribution in [0.2, 0.25) is 0 Å². The summed E-state index contributed by atoms with van der Waals surface area (Å²) in [7, 11) is 0. The zero-order valence-electron chi connectivity index (χ0n) is 12.3. The van der Waals surface area contributed by atoms with E-state index in [0.717, 1.165) is 12.0 Å². The van der Waals surface area contributed by atoms with Gasteiger partial charge in [0.15, 0.2) is 5.76 Å². The lowest BCUT2D eigenvalue weighted by atomic mass is 9.95. The van der Waals surface area contributed by atoms with Gasteiger partial charge in [-0.1, -0.05) is 36.8 Å². The fourth-order valence-electron chi connectivity index (χ4n) is 2.26. The van der Waals surface area contributed by atoms with Crippen LogP contribution in [0.15, 0.2) is 46.8 Å². The third-order valence-electron chi connectivity index (χ3n) is 3.49. The summed E-state index contributed by atoms with van der Waals surface area (Å²) in [5.74, 6) is 0.137. The first kappa shape index (κ1) is 15.4. The van der Waals surface area contributed by atoms with Crippen molar-refractivity contribution < 1.29 is 14.6 Å². The Labute approximate surface area is 125 Å². The van der Waals surface area contributed by atoms with E-state index in [1.165, 1.54) is 0 Å². The first-order valence-electron chi connectivity index (χ1n) is 7.29. The van der Waals surface area contributed by atoms with Crippen LogP contribution in [0.5, 0.6) is 0 Å². The van der Waals surface area contributed by atoms with Crippen molar-refractivity contribution in [2.75, 3.05) is 6.61 Å². The number of aliphatic hydroxyl groups is 1. The molecule has 1 unspecified atom stereocenters. The Kier molecular flexibility index (Phi) is 5.69. The predicted molar refractivity (Wildman–Crippen MR) is 81.9 cm³/mol. The van der Waals surface area contributed by atoms with Gasteiger partial charge in [-0.2, -0.15) is 0 Å². The minimum Gasteiger partial charge on any atom is -0.483 e. The third kappa shape index (κ3) is 4.26. The number of carbonyl (C=O) groups is 1. The first-order chi connectivity index (χ1) is 10.2. The number of nitrogens with zero attached hydrogens (tertiary/aromatic N) is 1. The molecule has 1 atom stereocenters. The van der Waals surface area contributed by atoms with Crippen LogP contribution in [0.25, 0.3) is 0 Å². The van der Waals surface area contributed by atoms with Crippen molar-refractivity contribution in [3.63, 3.8) is 0 Å². The monoisotopic (exact) mass is 287 g/mol. The molecule has 0 amide bonds. The van der Waals surface area contributed by atoms with Crippen LogP contribution in [0, 0.1) is 5.92 Å². The van der Waals surface area contributed by atoms with E-state index in [9.17, 15) is 4.79 Å². The number of ether oxygens (including phenoxy) is 1. The highest BCUT2D eigenvalue weighted by molar-refractivity contribution is 6.06. The maximum Gasteiger partial charge on any atom is 0.207 e. The Balaban J connectivity index is 1.97. The molecule has 1 heterocycles. The molecule has 4 nitrogen and oxygen atoms in total. The number of rotatable bonds is 7. The van der Waals surface area contributed by atoms with Crippen LogP contribution < -0.4 is 0 Å². The molecule has 0 aromatic heterocycles. The van der Waals surface area contributed by atoms with E-state index in [4.69, 9.17) is 9.84 Å². The van der Waals surface area contributed by atoms with Crippen LogP contribution in [0.3, 0.4) is 0 Å². The van der Waals surface area contributed by atoms with E-state index in [1.54, 1.807) is 13.1 Å². The van der Waals surface area contributed by atoms with Crippen LogP contribution in [-0.4, -0.2) is 23.7 Å². The molecule has 1 aromatic rings. The van der Waals surface area contributed by atoms with Gasteiger partial charge in [0.2, 0.25) is 5.78 Å². The molecule has 1 aliphatic heterocycles.